The van der Waals surface area contributed by atoms with E-state index in [0.717, 1.165) is 28.3 Å². The third-order valence-electron chi connectivity index (χ3n) is 5.04. The van der Waals surface area contributed by atoms with Crippen molar-refractivity contribution >= 4 is 35.0 Å². The highest BCUT2D eigenvalue weighted by molar-refractivity contribution is 8.00. The molecule has 0 aliphatic heterocycles. The zero-order valence-corrected chi connectivity index (χ0v) is 19.4. The van der Waals surface area contributed by atoms with Gasteiger partial charge in [-0.2, -0.15) is 0 Å². The number of halogens is 1. The lowest BCUT2D eigenvalue weighted by atomic mass is 10.1. The van der Waals surface area contributed by atoms with Crippen molar-refractivity contribution in [3.63, 3.8) is 0 Å². The van der Waals surface area contributed by atoms with Gasteiger partial charge in [0, 0.05) is 22.8 Å². The molecule has 0 spiro atoms. The SMILES string of the molecule is Cc1ccccc1NC(=O)[C@@H](C)Sc1nnc(Cc2ccccc2)n1-c1ccc(Cl)cc1. The zero-order valence-electron chi connectivity index (χ0n) is 17.8. The standard InChI is InChI=1S/C25H23ClN4OS/c1-17-8-6-7-11-22(17)27-24(31)18(2)32-25-29-28-23(16-19-9-4-3-5-10-19)30(25)21-14-12-20(26)13-15-21/h3-15,18H,16H2,1-2H3,(H,27,31)/t18-/m1/s1. The predicted octanol–water partition coefficient (Wildman–Crippen LogP) is 5.94. The number of aryl methyl sites for hydroxylation is 1. The number of carbonyl (C=O) groups excluding carboxylic acids is 1. The first-order valence-corrected chi connectivity index (χ1v) is 11.5. The number of rotatable bonds is 7. The summed E-state index contributed by atoms with van der Waals surface area (Å²) in [4.78, 5) is 12.9. The Morgan fingerprint density at radius 1 is 1.00 bits per heavy atom. The molecule has 4 rings (SSSR count). The molecule has 5 nitrogen and oxygen atoms in total. The van der Waals surface area contributed by atoms with Crippen molar-refractivity contribution in [3.05, 3.63) is 101 Å². The molecule has 0 bridgehead atoms. The van der Waals surface area contributed by atoms with Crippen molar-refractivity contribution in [2.45, 2.75) is 30.7 Å². The maximum absolute atomic E-state index is 12.9. The lowest BCUT2D eigenvalue weighted by Crippen LogP contribution is -2.23. The molecule has 1 amide bonds. The van der Waals surface area contributed by atoms with Gasteiger partial charge in [-0.1, -0.05) is 71.9 Å². The highest BCUT2D eigenvalue weighted by Gasteiger charge is 2.21. The van der Waals surface area contributed by atoms with Gasteiger partial charge in [-0.15, -0.1) is 10.2 Å². The summed E-state index contributed by atoms with van der Waals surface area (Å²) in [6.45, 7) is 3.84. The minimum atomic E-state index is -0.366. The van der Waals surface area contributed by atoms with Gasteiger partial charge >= 0.3 is 0 Å². The summed E-state index contributed by atoms with van der Waals surface area (Å²) in [5, 5.41) is 12.8. The van der Waals surface area contributed by atoms with Crippen molar-refractivity contribution in [1.29, 1.82) is 0 Å². The third-order valence-corrected chi connectivity index (χ3v) is 6.34. The van der Waals surface area contributed by atoms with Crippen LogP contribution in [0.4, 0.5) is 5.69 Å². The van der Waals surface area contributed by atoms with Gasteiger partial charge in [-0.3, -0.25) is 9.36 Å². The highest BCUT2D eigenvalue weighted by atomic mass is 35.5. The Kier molecular flexibility index (Phi) is 6.93. The number of anilines is 1. The first kappa shape index (κ1) is 22.1. The molecule has 7 heteroatoms. The van der Waals surface area contributed by atoms with Crippen molar-refractivity contribution in [2.24, 2.45) is 0 Å². The Hall–Kier alpha value is -3.09. The molecule has 0 unspecified atom stereocenters. The second-order valence-electron chi connectivity index (χ2n) is 7.44. The number of benzene rings is 3. The number of thioether (sulfide) groups is 1. The van der Waals surface area contributed by atoms with E-state index >= 15 is 0 Å². The number of nitrogens with zero attached hydrogens (tertiary/aromatic N) is 3. The summed E-state index contributed by atoms with van der Waals surface area (Å²) in [5.41, 5.74) is 3.87. The van der Waals surface area contributed by atoms with Gasteiger partial charge in [-0.25, -0.2) is 0 Å². The molecule has 1 aromatic heterocycles. The maximum Gasteiger partial charge on any atom is 0.237 e. The molecule has 162 valence electrons. The van der Waals surface area contributed by atoms with Crippen molar-refractivity contribution in [3.8, 4) is 5.69 Å². The van der Waals surface area contributed by atoms with Gasteiger partial charge in [0.15, 0.2) is 5.16 Å². The first-order valence-electron chi connectivity index (χ1n) is 10.3. The molecule has 3 aromatic carbocycles. The molecule has 0 aliphatic rings. The van der Waals surface area contributed by atoms with E-state index in [2.05, 4.69) is 27.6 Å². The van der Waals surface area contributed by atoms with Crippen LogP contribution in [-0.4, -0.2) is 25.9 Å². The third kappa shape index (κ3) is 5.21. The average Bonchev–Trinajstić information content (AvgIpc) is 3.18. The van der Waals surface area contributed by atoms with E-state index in [1.54, 1.807) is 0 Å². The van der Waals surface area contributed by atoms with E-state index in [0.29, 0.717) is 16.6 Å². The van der Waals surface area contributed by atoms with Crippen LogP contribution in [0.15, 0.2) is 84.0 Å². The molecule has 32 heavy (non-hydrogen) atoms. The molecule has 0 saturated carbocycles. The Labute approximate surface area is 196 Å². The molecule has 1 heterocycles. The fourth-order valence-electron chi connectivity index (χ4n) is 3.28. The van der Waals surface area contributed by atoms with Crippen LogP contribution in [0, 0.1) is 6.92 Å². The van der Waals surface area contributed by atoms with Gasteiger partial charge in [-0.05, 0) is 55.3 Å². The minimum absolute atomic E-state index is 0.0837. The number of carbonyl (C=O) groups is 1. The van der Waals surface area contributed by atoms with Gasteiger partial charge in [0.1, 0.15) is 5.82 Å². The van der Waals surface area contributed by atoms with Crippen LogP contribution in [0.25, 0.3) is 5.69 Å². The van der Waals surface area contributed by atoms with Crippen molar-refractivity contribution in [2.75, 3.05) is 5.32 Å². The van der Waals surface area contributed by atoms with Crippen LogP contribution in [0.5, 0.6) is 0 Å². The number of hydrogen-bond acceptors (Lipinski definition) is 4. The summed E-state index contributed by atoms with van der Waals surface area (Å²) in [5.74, 6) is 0.715. The number of aromatic nitrogens is 3. The maximum atomic E-state index is 12.9. The van der Waals surface area contributed by atoms with Gasteiger partial charge in [0.25, 0.3) is 0 Å². The normalized spacial score (nSPS) is 11.8. The van der Waals surface area contributed by atoms with Crippen LogP contribution in [0.2, 0.25) is 5.02 Å². The van der Waals surface area contributed by atoms with E-state index in [4.69, 9.17) is 11.6 Å². The van der Waals surface area contributed by atoms with E-state index < -0.39 is 0 Å². The second kappa shape index (κ2) is 10.0. The topological polar surface area (TPSA) is 59.8 Å². The summed E-state index contributed by atoms with van der Waals surface area (Å²) < 4.78 is 1.99. The number of nitrogens with one attached hydrogen (secondary N) is 1. The highest BCUT2D eigenvalue weighted by Crippen LogP contribution is 2.28. The smallest absolute Gasteiger partial charge is 0.237 e. The van der Waals surface area contributed by atoms with Gasteiger partial charge in [0.2, 0.25) is 5.91 Å². The molecule has 1 N–H and O–H groups in total. The largest absolute Gasteiger partial charge is 0.325 e. The molecule has 4 aromatic rings. The predicted molar refractivity (Wildman–Crippen MR) is 131 cm³/mol. The zero-order chi connectivity index (χ0) is 22.5. The fourth-order valence-corrected chi connectivity index (χ4v) is 4.29. The molecule has 0 saturated heterocycles. The van der Waals surface area contributed by atoms with Gasteiger partial charge < -0.3 is 5.32 Å². The Bertz CT molecular complexity index is 1210. The fraction of sp³-hybridized carbons (Fsp3) is 0.160. The summed E-state index contributed by atoms with van der Waals surface area (Å²) >= 11 is 7.48. The molecular formula is C25H23ClN4OS. The van der Waals surface area contributed by atoms with Crippen LogP contribution in [0.3, 0.4) is 0 Å². The Balaban J connectivity index is 1.60. The molecule has 0 aliphatic carbocycles. The van der Waals surface area contributed by atoms with Gasteiger partial charge in [0.05, 0.1) is 5.25 Å². The van der Waals surface area contributed by atoms with E-state index in [1.165, 1.54) is 11.8 Å². The monoisotopic (exact) mass is 462 g/mol. The van der Waals surface area contributed by atoms with Crippen LogP contribution >= 0.6 is 23.4 Å². The van der Waals surface area contributed by atoms with Crippen molar-refractivity contribution in [1.82, 2.24) is 14.8 Å². The molecular weight excluding hydrogens is 440 g/mol. The first-order chi connectivity index (χ1) is 15.5. The van der Waals surface area contributed by atoms with Crippen molar-refractivity contribution < 1.29 is 4.79 Å². The Morgan fingerprint density at radius 2 is 1.69 bits per heavy atom. The number of para-hydroxylation sites is 1. The summed E-state index contributed by atoms with van der Waals surface area (Å²) in [6.07, 6.45) is 0.626. The number of amides is 1. The second-order valence-corrected chi connectivity index (χ2v) is 9.18. The minimum Gasteiger partial charge on any atom is -0.325 e. The van der Waals surface area contributed by atoms with E-state index in [1.807, 2.05) is 85.1 Å². The average molecular weight is 463 g/mol. The molecule has 0 radical (unpaired) electrons. The van der Waals surface area contributed by atoms with E-state index in [-0.39, 0.29) is 11.2 Å². The lowest BCUT2D eigenvalue weighted by molar-refractivity contribution is -0.115. The van der Waals surface area contributed by atoms with Crippen LogP contribution in [0.1, 0.15) is 23.9 Å². The number of hydrogen-bond donors (Lipinski definition) is 1. The quantitative estimate of drug-likeness (QED) is 0.345. The van der Waals surface area contributed by atoms with E-state index in [9.17, 15) is 4.79 Å². The molecule has 1 atom stereocenters. The summed E-state index contributed by atoms with van der Waals surface area (Å²) in [7, 11) is 0. The Morgan fingerprint density at radius 3 is 2.41 bits per heavy atom. The summed E-state index contributed by atoms with van der Waals surface area (Å²) in [6, 6.07) is 25.4. The van der Waals surface area contributed by atoms with Crippen LogP contribution < -0.4 is 5.32 Å². The van der Waals surface area contributed by atoms with Crippen LogP contribution in [-0.2, 0) is 11.2 Å². The lowest BCUT2D eigenvalue weighted by Gasteiger charge is -2.15. The molecule has 0 fully saturated rings.